The van der Waals surface area contributed by atoms with Crippen LogP contribution in [0.25, 0.3) is 0 Å². The van der Waals surface area contributed by atoms with Gasteiger partial charge in [0.05, 0.1) is 30.4 Å². The number of ether oxygens (including phenoxy) is 2. The highest BCUT2D eigenvalue weighted by Crippen LogP contribution is 2.45. The standard InChI is InChI=1S/C26H26FN3O4/c1-2-30(22-9-6-16(28)11-20(22)27)23-5-3-4-19-21(14-34-26(19)23)29-17-7-8-18-15(10-25(31)32)13-33-24(18)12-17/h3-9,11-12,15,21,29H,2,10,13-14,28H2,1H3,(H,31,32)/t15-,21-/m1/s1. The number of anilines is 4. The van der Waals surface area contributed by atoms with Crippen LogP contribution >= 0.6 is 0 Å². The minimum absolute atomic E-state index is 0.0505. The van der Waals surface area contributed by atoms with Crippen molar-refractivity contribution in [2.75, 3.05) is 35.7 Å². The molecule has 0 unspecified atom stereocenters. The summed E-state index contributed by atoms with van der Waals surface area (Å²) in [6.45, 7) is 3.31. The zero-order chi connectivity index (χ0) is 23.8. The number of nitrogens with two attached hydrogens (primary N) is 1. The lowest BCUT2D eigenvalue weighted by atomic mass is 9.97. The van der Waals surface area contributed by atoms with E-state index >= 15 is 0 Å². The minimum atomic E-state index is -0.834. The Bertz CT molecular complexity index is 1250. The molecule has 5 rings (SSSR count). The van der Waals surface area contributed by atoms with Gasteiger partial charge in [-0.3, -0.25) is 4.79 Å². The molecule has 0 aromatic heterocycles. The maximum absolute atomic E-state index is 14.7. The first-order chi connectivity index (χ1) is 16.4. The molecular weight excluding hydrogens is 437 g/mol. The van der Waals surface area contributed by atoms with Gasteiger partial charge in [0.25, 0.3) is 0 Å². The molecule has 0 radical (unpaired) electrons. The summed E-state index contributed by atoms with van der Waals surface area (Å²) in [4.78, 5) is 13.0. The largest absolute Gasteiger partial charge is 0.493 e. The molecule has 3 aromatic carbocycles. The first kappa shape index (κ1) is 21.9. The molecule has 0 saturated carbocycles. The van der Waals surface area contributed by atoms with Crippen LogP contribution in [0.5, 0.6) is 11.5 Å². The van der Waals surface area contributed by atoms with Crippen molar-refractivity contribution in [1.82, 2.24) is 0 Å². The van der Waals surface area contributed by atoms with Gasteiger partial charge in [-0.15, -0.1) is 0 Å². The Morgan fingerprint density at radius 1 is 1.12 bits per heavy atom. The van der Waals surface area contributed by atoms with Gasteiger partial charge < -0.3 is 30.5 Å². The number of para-hydroxylation sites is 1. The van der Waals surface area contributed by atoms with Gasteiger partial charge in [0.15, 0.2) is 0 Å². The Morgan fingerprint density at radius 3 is 2.74 bits per heavy atom. The van der Waals surface area contributed by atoms with E-state index in [9.17, 15) is 9.18 Å². The molecule has 0 amide bonds. The van der Waals surface area contributed by atoms with E-state index < -0.39 is 5.97 Å². The SMILES string of the molecule is CCN(c1ccc(N)cc1F)c1cccc2c1OC[C@H]2Nc1ccc2c(c1)OC[C@H]2CC(=O)O. The van der Waals surface area contributed by atoms with Gasteiger partial charge in [0.1, 0.15) is 23.9 Å². The number of benzene rings is 3. The summed E-state index contributed by atoms with van der Waals surface area (Å²) in [6, 6.07) is 16.2. The van der Waals surface area contributed by atoms with Crippen molar-refractivity contribution in [3.8, 4) is 11.5 Å². The third kappa shape index (κ3) is 3.96. The minimum Gasteiger partial charge on any atom is -0.493 e. The van der Waals surface area contributed by atoms with Crippen LogP contribution in [0.4, 0.5) is 27.1 Å². The molecule has 0 bridgehead atoms. The number of hydrogen-bond acceptors (Lipinski definition) is 6. The van der Waals surface area contributed by atoms with E-state index in [1.807, 2.05) is 48.2 Å². The second kappa shape index (κ2) is 8.78. The molecule has 176 valence electrons. The highest BCUT2D eigenvalue weighted by Gasteiger charge is 2.30. The smallest absolute Gasteiger partial charge is 0.304 e. The molecule has 2 heterocycles. The van der Waals surface area contributed by atoms with Crippen molar-refractivity contribution < 1.29 is 23.8 Å². The number of nitrogen functional groups attached to an aromatic ring is 1. The molecule has 2 aliphatic rings. The van der Waals surface area contributed by atoms with Crippen molar-refractivity contribution in [3.05, 3.63) is 71.5 Å². The van der Waals surface area contributed by atoms with Crippen LogP contribution in [-0.2, 0) is 4.79 Å². The summed E-state index contributed by atoms with van der Waals surface area (Å²) in [5.74, 6) is 0.0798. The molecule has 4 N–H and O–H groups in total. The van der Waals surface area contributed by atoms with Crippen molar-refractivity contribution >= 4 is 28.7 Å². The first-order valence-electron chi connectivity index (χ1n) is 11.3. The number of carboxylic acids is 1. The van der Waals surface area contributed by atoms with Crippen LogP contribution in [-0.4, -0.2) is 30.8 Å². The summed E-state index contributed by atoms with van der Waals surface area (Å²) in [7, 11) is 0. The van der Waals surface area contributed by atoms with Crippen LogP contribution in [0.1, 0.15) is 36.4 Å². The quantitative estimate of drug-likeness (QED) is 0.421. The third-order valence-electron chi connectivity index (χ3n) is 6.32. The van der Waals surface area contributed by atoms with Gasteiger partial charge in [-0.05, 0) is 37.3 Å². The average Bonchev–Trinajstić information content (AvgIpc) is 3.40. The predicted molar refractivity (Wildman–Crippen MR) is 129 cm³/mol. The maximum atomic E-state index is 14.7. The molecule has 0 fully saturated rings. The van der Waals surface area contributed by atoms with Crippen molar-refractivity contribution in [1.29, 1.82) is 0 Å². The van der Waals surface area contributed by atoms with Crippen LogP contribution in [0.3, 0.4) is 0 Å². The normalized spacial score (nSPS) is 17.9. The monoisotopic (exact) mass is 463 g/mol. The van der Waals surface area contributed by atoms with Crippen LogP contribution in [0.2, 0.25) is 0 Å². The van der Waals surface area contributed by atoms with Gasteiger partial charge in [-0.25, -0.2) is 4.39 Å². The fourth-order valence-electron chi connectivity index (χ4n) is 4.72. The zero-order valence-electron chi connectivity index (χ0n) is 18.8. The van der Waals surface area contributed by atoms with E-state index in [0.29, 0.717) is 36.9 Å². The lowest BCUT2D eigenvalue weighted by molar-refractivity contribution is -0.137. The lowest BCUT2D eigenvalue weighted by Gasteiger charge is -2.25. The van der Waals surface area contributed by atoms with Crippen molar-refractivity contribution in [2.45, 2.75) is 25.3 Å². The van der Waals surface area contributed by atoms with Crippen molar-refractivity contribution in [3.63, 3.8) is 0 Å². The van der Waals surface area contributed by atoms with E-state index in [-0.39, 0.29) is 24.2 Å². The molecule has 0 spiro atoms. The molecule has 3 aromatic rings. The number of rotatable bonds is 7. The number of nitrogens with one attached hydrogen (secondary N) is 1. The topological polar surface area (TPSA) is 97.0 Å². The Labute approximate surface area is 196 Å². The van der Waals surface area contributed by atoms with Gasteiger partial charge >= 0.3 is 5.97 Å². The molecule has 2 atom stereocenters. The number of carboxylic acid groups (broad SMARTS) is 1. The number of halogens is 1. The summed E-state index contributed by atoms with van der Waals surface area (Å²) < 4.78 is 26.5. The number of nitrogens with zero attached hydrogens (tertiary/aromatic N) is 1. The molecule has 2 aliphatic heterocycles. The number of aliphatic carboxylic acids is 1. The Balaban J connectivity index is 1.40. The molecule has 34 heavy (non-hydrogen) atoms. The van der Waals surface area contributed by atoms with Crippen molar-refractivity contribution in [2.24, 2.45) is 0 Å². The average molecular weight is 464 g/mol. The second-order valence-electron chi connectivity index (χ2n) is 8.52. The summed E-state index contributed by atoms with van der Waals surface area (Å²) in [5.41, 5.74) is 10.1. The highest BCUT2D eigenvalue weighted by molar-refractivity contribution is 5.74. The van der Waals surface area contributed by atoms with Gasteiger partial charge in [0.2, 0.25) is 0 Å². The van der Waals surface area contributed by atoms with Gasteiger partial charge in [0, 0.05) is 41.0 Å². The fraction of sp³-hybridized carbons (Fsp3) is 0.269. The van der Waals surface area contributed by atoms with Crippen LogP contribution < -0.4 is 25.4 Å². The Kier molecular flexibility index (Phi) is 5.65. The molecule has 7 nitrogen and oxygen atoms in total. The van der Waals surface area contributed by atoms with E-state index in [1.165, 1.54) is 6.07 Å². The van der Waals surface area contributed by atoms with Gasteiger partial charge in [-0.2, -0.15) is 0 Å². The third-order valence-corrected chi connectivity index (χ3v) is 6.32. The van der Waals surface area contributed by atoms with Crippen LogP contribution in [0.15, 0.2) is 54.6 Å². The van der Waals surface area contributed by atoms with E-state index in [1.54, 1.807) is 12.1 Å². The maximum Gasteiger partial charge on any atom is 0.304 e. The number of carbonyl (C=O) groups is 1. The van der Waals surface area contributed by atoms with E-state index in [4.69, 9.17) is 20.3 Å². The lowest BCUT2D eigenvalue weighted by Crippen LogP contribution is -2.18. The molecular formula is C26H26FN3O4. The summed E-state index contributed by atoms with van der Waals surface area (Å²) in [5, 5.41) is 12.6. The van der Waals surface area contributed by atoms with E-state index in [0.717, 1.165) is 28.3 Å². The molecule has 0 saturated heterocycles. The van der Waals surface area contributed by atoms with Gasteiger partial charge in [-0.1, -0.05) is 18.2 Å². The summed E-state index contributed by atoms with van der Waals surface area (Å²) >= 11 is 0. The highest BCUT2D eigenvalue weighted by atomic mass is 19.1. The Morgan fingerprint density at radius 2 is 1.97 bits per heavy atom. The molecule has 0 aliphatic carbocycles. The number of fused-ring (bicyclic) bond motifs is 2. The molecule has 8 heteroatoms. The predicted octanol–water partition coefficient (Wildman–Crippen LogP) is 5.06. The first-order valence-corrected chi connectivity index (χ1v) is 11.3. The van der Waals surface area contributed by atoms with Crippen LogP contribution in [0, 0.1) is 5.82 Å². The second-order valence-corrected chi connectivity index (χ2v) is 8.52. The Hall–Kier alpha value is -3.94. The number of hydrogen-bond donors (Lipinski definition) is 3. The fourth-order valence-corrected chi connectivity index (χ4v) is 4.72. The van der Waals surface area contributed by atoms with E-state index in [2.05, 4.69) is 5.32 Å². The zero-order valence-corrected chi connectivity index (χ0v) is 18.8. The summed E-state index contributed by atoms with van der Waals surface area (Å²) in [6.07, 6.45) is 0.0505.